The van der Waals surface area contributed by atoms with E-state index in [-0.39, 0.29) is 5.91 Å². The van der Waals surface area contributed by atoms with Crippen molar-refractivity contribution >= 4 is 5.91 Å². The Balaban J connectivity index is 2.54. The molecule has 4 heteroatoms. The number of amides is 1. The Morgan fingerprint density at radius 1 is 1.50 bits per heavy atom. The molecule has 1 fully saturated rings. The maximum atomic E-state index is 11.6. The van der Waals surface area contributed by atoms with Gasteiger partial charge >= 0.3 is 0 Å². The van der Waals surface area contributed by atoms with E-state index in [2.05, 4.69) is 0 Å². The molecule has 4 nitrogen and oxygen atoms in total. The fourth-order valence-corrected chi connectivity index (χ4v) is 1.77. The molecule has 1 rings (SSSR count). The summed E-state index contributed by atoms with van der Waals surface area (Å²) in [5, 5.41) is 9.82. The Morgan fingerprint density at radius 3 is 2.71 bits per heavy atom. The van der Waals surface area contributed by atoms with Crippen LogP contribution in [0.3, 0.4) is 0 Å². The van der Waals surface area contributed by atoms with Crippen LogP contribution in [-0.4, -0.2) is 40.6 Å². The van der Waals surface area contributed by atoms with Crippen LogP contribution in [0, 0.1) is 0 Å². The molecule has 0 spiro atoms. The smallest absolute Gasteiger partial charge is 0.239 e. The van der Waals surface area contributed by atoms with Crippen molar-refractivity contribution in [1.29, 1.82) is 0 Å². The molecular weight excluding hydrogens is 180 g/mol. The first-order valence-electron chi connectivity index (χ1n) is 5.19. The molecule has 0 radical (unpaired) electrons. The number of likely N-dealkylation sites (tertiary alicyclic amines) is 1. The van der Waals surface area contributed by atoms with Crippen molar-refractivity contribution in [2.75, 3.05) is 13.1 Å². The molecule has 0 bridgehead atoms. The lowest BCUT2D eigenvalue weighted by molar-refractivity contribution is -0.132. The Morgan fingerprint density at radius 2 is 2.14 bits per heavy atom. The number of hydrogen-bond acceptors (Lipinski definition) is 3. The van der Waals surface area contributed by atoms with Gasteiger partial charge in [-0.3, -0.25) is 4.79 Å². The van der Waals surface area contributed by atoms with E-state index in [1.165, 1.54) is 0 Å². The molecule has 1 amide bonds. The van der Waals surface area contributed by atoms with E-state index in [0.717, 1.165) is 19.4 Å². The first-order valence-corrected chi connectivity index (χ1v) is 5.19. The minimum Gasteiger partial charge on any atom is -0.390 e. The normalized spacial score (nSPS) is 31.0. The number of aliphatic hydroxyl groups is 1. The summed E-state index contributed by atoms with van der Waals surface area (Å²) in [6.45, 7) is 4.86. The molecule has 0 aliphatic carbocycles. The first kappa shape index (κ1) is 11.5. The van der Waals surface area contributed by atoms with Crippen molar-refractivity contribution in [2.24, 2.45) is 5.73 Å². The highest BCUT2D eigenvalue weighted by atomic mass is 16.3. The molecule has 0 aromatic rings. The zero-order valence-electron chi connectivity index (χ0n) is 8.99. The van der Waals surface area contributed by atoms with Gasteiger partial charge in [-0.2, -0.15) is 0 Å². The standard InChI is InChI=1S/C10H20N2O2/c1-8(11)9(13)12-6-3-4-10(2,14)5-7-12/h8,14H,3-7,11H2,1-2H3. The second-order valence-electron chi connectivity index (χ2n) is 4.46. The summed E-state index contributed by atoms with van der Waals surface area (Å²) >= 11 is 0. The Hall–Kier alpha value is -0.610. The van der Waals surface area contributed by atoms with Gasteiger partial charge in [0.25, 0.3) is 0 Å². The van der Waals surface area contributed by atoms with Crippen molar-refractivity contribution < 1.29 is 9.90 Å². The van der Waals surface area contributed by atoms with Crippen LogP contribution in [0.5, 0.6) is 0 Å². The lowest BCUT2D eigenvalue weighted by Gasteiger charge is -2.23. The molecule has 82 valence electrons. The lowest BCUT2D eigenvalue weighted by atomic mass is 9.98. The molecule has 1 aliphatic rings. The van der Waals surface area contributed by atoms with Gasteiger partial charge in [-0.15, -0.1) is 0 Å². The van der Waals surface area contributed by atoms with Crippen LogP contribution in [0.15, 0.2) is 0 Å². The minimum absolute atomic E-state index is 0.0114. The van der Waals surface area contributed by atoms with E-state index in [9.17, 15) is 9.90 Å². The Bertz CT molecular complexity index is 214. The number of nitrogens with zero attached hydrogens (tertiary/aromatic N) is 1. The monoisotopic (exact) mass is 200 g/mol. The molecule has 0 saturated carbocycles. The number of carbonyl (C=O) groups excluding carboxylic acids is 1. The molecule has 2 atom stereocenters. The van der Waals surface area contributed by atoms with Gasteiger partial charge in [-0.05, 0) is 33.1 Å². The molecule has 2 unspecified atom stereocenters. The van der Waals surface area contributed by atoms with Crippen molar-refractivity contribution in [3.8, 4) is 0 Å². The Kier molecular flexibility index (Phi) is 3.50. The van der Waals surface area contributed by atoms with Crippen molar-refractivity contribution in [1.82, 2.24) is 4.90 Å². The van der Waals surface area contributed by atoms with Gasteiger partial charge in [0, 0.05) is 13.1 Å². The molecule has 14 heavy (non-hydrogen) atoms. The van der Waals surface area contributed by atoms with E-state index >= 15 is 0 Å². The summed E-state index contributed by atoms with van der Waals surface area (Å²) in [5.74, 6) is -0.0114. The van der Waals surface area contributed by atoms with Gasteiger partial charge in [0.05, 0.1) is 11.6 Å². The average Bonchev–Trinajstić information content (AvgIpc) is 2.25. The van der Waals surface area contributed by atoms with E-state index in [4.69, 9.17) is 5.73 Å². The van der Waals surface area contributed by atoms with Gasteiger partial charge in [-0.1, -0.05) is 0 Å². The molecular formula is C10H20N2O2. The van der Waals surface area contributed by atoms with Crippen molar-refractivity contribution in [2.45, 2.75) is 44.8 Å². The van der Waals surface area contributed by atoms with E-state index < -0.39 is 11.6 Å². The summed E-state index contributed by atoms with van der Waals surface area (Å²) in [4.78, 5) is 13.3. The molecule has 0 aromatic heterocycles. The highest BCUT2D eigenvalue weighted by Gasteiger charge is 2.27. The fraction of sp³-hybridized carbons (Fsp3) is 0.900. The fourth-order valence-electron chi connectivity index (χ4n) is 1.77. The van der Waals surface area contributed by atoms with Crippen molar-refractivity contribution in [3.05, 3.63) is 0 Å². The largest absolute Gasteiger partial charge is 0.390 e. The van der Waals surface area contributed by atoms with Gasteiger partial charge in [-0.25, -0.2) is 0 Å². The number of hydrogen-bond donors (Lipinski definition) is 2. The van der Waals surface area contributed by atoms with Crippen LogP contribution in [-0.2, 0) is 4.79 Å². The van der Waals surface area contributed by atoms with Crippen LogP contribution in [0.2, 0.25) is 0 Å². The summed E-state index contributed by atoms with van der Waals surface area (Å²) in [6.07, 6.45) is 2.26. The van der Waals surface area contributed by atoms with Crippen molar-refractivity contribution in [3.63, 3.8) is 0 Å². The molecule has 1 aliphatic heterocycles. The SMILES string of the molecule is CC(N)C(=O)N1CCCC(C)(O)CC1. The van der Waals surface area contributed by atoms with Crippen LogP contribution >= 0.6 is 0 Å². The number of carbonyl (C=O) groups is 1. The summed E-state index contributed by atoms with van der Waals surface area (Å²) in [5.41, 5.74) is 4.91. The third-order valence-electron chi connectivity index (χ3n) is 2.76. The van der Waals surface area contributed by atoms with Crippen LogP contribution < -0.4 is 5.73 Å². The zero-order chi connectivity index (χ0) is 10.8. The summed E-state index contributed by atoms with van der Waals surface area (Å²) < 4.78 is 0. The highest BCUT2D eigenvalue weighted by Crippen LogP contribution is 2.21. The Labute approximate surface area is 85.1 Å². The third-order valence-corrected chi connectivity index (χ3v) is 2.76. The predicted molar refractivity (Wildman–Crippen MR) is 54.7 cm³/mol. The van der Waals surface area contributed by atoms with E-state index in [1.807, 2.05) is 6.92 Å². The van der Waals surface area contributed by atoms with E-state index in [1.54, 1.807) is 11.8 Å². The van der Waals surface area contributed by atoms with Gasteiger partial charge in [0.2, 0.25) is 5.91 Å². The molecule has 0 aromatic carbocycles. The van der Waals surface area contributed by atoms with Gasteiger partial charge in [0.1, 0.15) is 0 Å². The highest BCUT2D eigenvalue weighted by molar-refractivity contribution is 5.81. The summed E-state index contributed by atoms with van der Waals surface area (Å²) in [6, 6.07) is -0.432. The molecule has 1 heterocycles. The quantitative estimate of drug-likeness (QED) is 0.630. The third kappa shape index (κ3) is 2.96. The number of nitrogens with two attached hydrogens (primary N) is 1. The molecule has 3 N–H and O–H groups in total. The zero-order valence-corrected chi connectivity index (χ0v) is 8.99. The topological polar surface area (TPSA) is 66.6 Å². The number of rotatable bonds is 1. The second kappa shape index (κ2) is 4.28. The van der Waals surface area contributed by atoms with Crippen LogP contribution in [0.25, 0.3) is 0 Å². The van der Waals surface area contributed by atoms with E-state index in [0.29, 0.717) is 13.0 Å². The lowest BCUT2D eigenvalue weighted by Crippen LogP contribution is -2.42. The maximum absolute atomic E-state index is 11.6. The van der Waals surface area contributed by atoms with Gasteiger partial charge < -0.3 is 15.7 Å². The average molecular weight is 200 g/mol. The predicted octanol–water partition coefficient (Wildman–Crippen LogP) is 0.0971. The minimum atomic E-state index is -0.618. The summed E-state index contributed by atoms with van der Waals surface area (Å²) in [7, 11) is 0. The second-order valence-corrected chi connectivity index (χ2v) is 4.46. The van der Waals surface area contributed by atoms with Crippen LogP contribution in [0.1, 0.15) is 33.1 Å². The maximum Gasteiger partial charge on any atom is 0.239 e. The molecule has 1 saturated heterocycles. The first-order chi connectivity index (χ1) is 6.42. The van der Waals surface area contributed by atoms with Crippen LogP contribution in [0.4, 0.5) is 0 Å². The van der Waals surface area contributed by atoms with Gasteiger partial charge in [0.15, 0.2) is 0 Å².